The van der Waals surface area contributed by atoms with E-state index in [2.05, 4.69) is 10.3 Å². The smallest absolute Gasteiger partial charge is 0.232 e. The van der Waals surface area contributed by atoms with E-state index in [1.807, 2.05) is 52.0 Å². The lowest BCUT2D eigenvalue weighted by Gasteiger charge is -2.38. The van der Waals surface area contributed by atoms with Crippen molar-refractivity contribution in [3.05, 3.63) is 40.9 Å². The van der Waals surface area contributed by atoms with Crippen LogP contribution in [0.5, 0.6) is 5.75 Å². The Labute approximate surface area is 218 Å². The molecule has 0 radical (unpaired) electrons. The number of nitrogens with zero attached hydrogens (tertiary/aromatic N) is 2. The fourth-order valence-corrected chi connectivity index (χ4v) is 5.45. The van der Waals surface area contributed by atoms with Crippen molar-refractivity contribution in [3.63, 3.8) is 0 Å². The van der Waals surface area contributed by atoms with Gasteiger partial charge < -0.3 is 20.5 Å². The molecular weight excluding hydrogens is 480 g/mol. The molecule has 1 aromatic carbocycles. The summed E-state index contributed by atoms with van der Waals surface area (Å²) >= 11 is 6.25. The van der Waals surface area contributed by atoms with Crippen LogP contribution in [0.3, 0.4) is 0 Å². The highest BCUT2D eigenvalue weighted by Crippen LogP contribution is 2.46. The SMILES string of the molecule is CC[C@@]1(C)CC(=O)N(C(/C=C/COC)[C@H]2CC2C(=O)N[C@H]2CC(C)(C)Oc3ccc(Cl)cc32)C(N)=N1. The van der Waals surface area contributed by atoms with E-state index < -0.39 is 11.1 Å². The Morgan fingerprint density at radius 1 is 1.42 bits per heavy atom. The van der Waals surface area contributed by atoms with Gasteiger partial charge in [0.1, 0.15) is 11.4 Å². The first kappa shape index (κ1) is 26.5. The molecule has 1 fully saturated rings. The van der Waals surface area contributed by atoms with Gasteiger partial charge in [-0.15, -0.1) is 0 Å². The van der Waals surface area contributed by atoms with Gasteiger partial charge in [-0.05, 0) is 57.7 Å². The van der Waals surface area contributed by atoms with Crippen LogP contribution < -0.4 is 15.8 Å². The number of fused-ring (bicyclic) bond motifs is 1. The molecular formula is C27H37ClN4O4. The summed E-state index contributed by atoms with van der Waals surface area (Å²) in [6.45, 7) is 8.36. The van der Waals surface area contributed by atoms with Gasteiger partial charge in [-0.3, -0.25) is 14.5 Å². The number of halogens is 1. The number of nitrogens with two attached hydrogens (primary N) is 1. The van der Waals surface area contributed by atoms with Crippen LogP contribution in [0.15, 0.2) is 35.3 Å². The molecule has 0 aromatic heterocycles. The van der Waals surface area contributed by atoms with E-state index >= 15 is 0 Å². The Morgan fingerprint density at radius 2 is 2.17 bits per heavy atom. The average molecular weight is 517 g/mol. The number of guanidine groups is 1. The number of rotatable bonds is 8. The van der Waals surface area contributed by atoms with Gasteiger partial charge in [0.2, 0.25) is 11.8 Å². The Balaban J connectivity index is 1.53. The molecule has 5 atom stereocenters. The van der Waals surface area contributed by atoms with Crippen molar-refractivity contribution in [1.82, 2.24) is 10.2 Å². The van der Waals surface area contributed by atoms with Crippen molar-refractivity contribution < 1.29 is 19.1 Å². The number of aliphatic imine (C=N–C) groups is 1. The highest BCUT2D eigenvalue weighted by atomic mass is 35.5. The molecule has 4 rings (SSSR count). The van der Waals surface area contributed by atoms with Crippen LogP contribution >= 0.6 is 11.6 Å². The van der Waals surface area contributed by atoms with Crippen LogP contribution in [0.4, 0.5) is 0 Å². The summed E-state index contributed by atoms with van der Waals surface area (Å²) in [6.07, 6.45) is 6.08. The average Bonchev–Trinajstić information content (AvgIpc) is 3.58. The molecule has 8 nitrogen and oxygen atoms in total. The van der Waals surface area contributed by atoms with Crippen molar-refractivity contribution in [2.45, 2.75) is 76.6 Å². The summed E-state index contributed by atoms with van der Waals surface area (Å²) in [5.41, 5.74) is 6.28. The van der Waals surface area contributed by atoms with Gasteiger partial charge in [0.25, 0.3) is 0 Å². The van der Waals surface area contributed by atoms with E-state index in [0.717, 1.165) is 17.7 Å². The molecule has 0 spiro atoms. The molecule has 3 N–H and O–H groups in total. The van der Waals surface area contributed by atoms with Gasteiger partial charge >= 0.3 is 0 Å². The third kappa shape index (κ3) is 5.54. The van der Waals surface area contributed by atoms with Gasteiger partial charge in [0.05, 0.1) is 30.7 Å². The van der Waals surface area contributed by atoms with E-state index in [1.54, 1.807) is 18.1 Å². The van der Waals surface area contributed by atoms with Gasteiger partial charge in [-0.2, -0.15) is 0 Å². The summed E-state index contributed by atoms with van der Waals surface area (Å²) < 4.78 is 11.3. The summed E-state index contributed by atoms with van der Waals surface area (Å²) in [5, 5.41) is 3.83. The number of carbonyl (C=O) groups is 2. The Kier molecular flexibility index (Phi) is 7.40. The van der Waals surface area contributed by atoms with Crippen LogP contribution in [-0.4, -0.2) is 53.6 Å². The maximum absolute atomic E-state index is 13.4. The predicted octanol–water partition coefficient (Wildman–Crippen LogP) is 3.98. The first-order valence-corrected chi connectivity index (χ1v) is 13.0. The topological polar surface area (TPSA) is 106 Å². The second-order valence-electron chi connectivity index (χ2n) is 11.0. The summed E-state index contributed by atoms with van der Waals surface area (Å²) in [6, 6.07) is 4.92. The number of benzene rings is 1. The quantitative estimate of drug-likeness (QED) is 0.508. The fraction of sp³-hybridized carbons (Fsp3) is 0.593. The standard InChI is InChI=1S/C27H37ClN4O4/c1-6-27(4)15-23(33)32(25(29)31-27)21(8-7-11-35-5)17-13-18(17)24(34)30-20-14-26(2,3)36-22-10-9-16(28)12-19(20)22/h7-10,12,17-18,20-21H,6,11,13-15H2,1-5H3,(H2,29,31)(H,30,34)/b8-7+/t17-,18?,20-,21?,27-/m0/s1. The maximum atomic E-state index is 13.4. The zero-order valence-corrected chi connectivity index (χ0v) is 22.5. The number of hydrogen-bond acceptors (Lipinski definition) is 6. The first-order valence-electron chi connectivity index (χ1n) is 12.6. The van der Waals surface area contributed by atoms with Crippen molar-refractivity contribution in [2.75, 3.05) is 13.7 Å². The van der Waals surface area contributed by atoms with Crippen molar-refractivity contribution in [2.24, 2.45) is 22.6 Å². The predicted molar refractivity (Wildman–Crippen MR) is 140 cm³/mol. The van der Waals surface area contributed by atoms with Gasteiger partial charge in [-0.25, -0.2) is 4.99 Å². The van der Waals surface area contributed by atoms with E-state index in [9.17, 15) is 9.59 Å². The van der Waals surface area contributed by atoms with Crippen LogP contribution in [0.25, 0.3) is 0 Å². The highest BCUT2D eigenvalue weighted by Gasteiger charge is 2.52. The van der Waals surface area contributed by atoms with E-state index in [4.69, 9.17) is 26.8 Å². The molecule has 2 unspecified atom stereocenters. The Morgan fingerprint density at radius 3 is 2.83 bits per heavy atom. The third-order valence-corrected chi connectivity index (χ3v) is 7.68. The lowest BCUT2D eigenvalue weighted by Crippen LogP contribution is -2.55. The maximum Gasteiger partial charge on any atom is 0.232 e. The molecule has 36 heavy (non-hydrogen) atoms. The Bertz CT molecular complexity index is 1090. The van der Waals surface area contributed by atoms with Crippen LogP contribution in [0.1, 0.15) is 65.0 Å². The van der Waals surface area contributed by atoms with Crippen LogP contribution in [0, 0.1) is 11.8 Å². The number of carbonyl (C=O) groups excluding carboxylic acids is 2. The molecule has 3 aliphatic rings. The minimum absolute atomic E-state index is 0.0443. The molecule has 1 aliphatic carbocycles. The number of hydrogen-bond donors (Lipinski definition) is 2. The summed E-state index contributed by atoms with van der Waals surface area (Å²) in [5.74, 6) is 0.528. The molecule has 0 bridgehead atoms. The number of nitrogens with one attached hydrogen (secondary N) is 1. The van der Waals surface area contributed by atoms with E-state index in [0.29, 0.717) is 24.5 Å². The largest absolute Gasteiger partial charge is 0.487 e. The number of ether oxygens (including phenoxy) is 2. The lowest BCUT2D eigenvalue weighted by molar-refractivity contribution is -0.131. The zero-order chi connectivity index (χ0) is 26.3. The zero-order valence-electron chi connectivity index (χ0n) is 21.7. The molecule has 1 saturated carbocycles. The summed E-state index contributed by atoms with van der Waals surface area (Å²) in [4.78, 5) is 32.8. The van der Waals surface area contributed by atoms with Gasteiger partial charge in [0, 0.05) is 30.0 Å². The first-order chi connectivity index (χ1) is 17.0. The number of methoxy groups -OCH3 is 1. The van der Waals surface area contributed by atoms with E-state index in [-0.39, 0.29) is 48.1 Å². The molecule has 1 aromatic rings. The van der Waals surface area contributed by atoms with Crippen molar-refractivity contribution >= 4 is 29.4 Å². The minimum Gasteiger partial charge on any atom is -0.487 e. The highest BCUT2D eigenvalue weighted by molar-refractivity contribution is 6.30. The third-order valence-electron chi connectivity index (χ3n) is 7.45. The minimum atomic E-state index is -0.497. The molecule has 2 amide bonds. The molecule has 2 aliphatic heterocycles. The van der Waals surface area contributed by atoms with Crippen LogP contribution in [-0.2, 0) is 14.3 Å². The normalized spacial score (nSPS) is 29.8. The second-order valence-corrected chi connectivity index (χ2v) is 11.4. The molecule has 9 heteroatoms. The number of amides is 2. The lowest BCUT2D eigenvalue weighted by atomic mass is 9.89. The van der Waals surface area contributed by atoms with Gasteiger partial charge in [0.15, 0.2) is 5.96 Å². The van der Waals surface area contributed by atoms with Crippen molar-refractivity contribution in [3.8, 4) is 5.75 Å². The van der Waals surface area contributed by atoms with E-state index in [1.165, 1.54) is 0 Å². The molecule has 0 saturated heterocycles. The van der Waals surface area contributed by atoms with Crippen LogP contribution in [0.2, 0.25) is 5.02 Å². The Hall–Kier alpha value is -2.58. The van der Waals surface area contributed by atoms with Crippen molar-refractivity contribution in [1.29, 1.82) is 0 Å². The monoisotopic (exact) mass is 516 g/mol. The second kappa shape index (κ2) is 10.1. The molecule has 2 heterocycles. The molecule has 196 valence electrons. The summed E-state index contributed by atoms with van der Waals surface area (Å²) in [7, 11) is 1.61. The fourth-order valence-electron chi connectivity index (χ4n) is 5.27. The van der Waals surface area contributed by atoms with Gasteiger partial charge in [-0.1, -0.05) is 30.7 Å².